The van der Waals surface area contributed by atoms with Crippen molar-refractivity contribution in [1.82, 2.24) is 13.8 Å². The Hall–Kier alpha value is -1.67. The number of nitrogens with zero attached hydrogens (tertiary/aromatic N) is 3. The van der Waals surface area contributed by atoms with E-state index in [2.05, 4.69) is 6.92 Å². The Balaban J connectivity index is 1.78. The maximum absolute atomic E-state index is 12.6. The van der Waals surface area contributed by atoms with Gasteiger partial charge >= 0.3 is 0 Å². The summed E-state index contributed by atoms with van der Waals surface area (Å²) in [5, 5.41) is 0. The van der Waals surface area contributed by atoms with Crippen molar-refractivity contribution in [2.75, 3.05) is 26.2 Å². The Labute approximate surface area is 148 Å². The van der Waals surface area contributed by atoms with Crippen LogP contribution in [-0.4, -0.2) is 54.3 Å². The fourth-order valence-corrected chi connectivity index (χ4v) is 4.90. The van der Waals surface area contributed by atoms with E-state index in [4.69, 9.17) is 0 Å². The molecule has 0 N–H and O–H groups in total. The Morgan fingerprint density at radius 2 is 1.76 bits per heavy atom. The third-order valence-corrected chi connectivity index (χ3v) is 6.98. The molecular formula is C17H25N3O4S. The standard InChI is InChI=1S/C17H25N3O4S/c1-14-6-10-18(11-7-14)17(22)13-19-12-15(4-5-16(19)21)25(23,24)20-8-2-3-9-20/h4-5,12,14H,2-3,6-11,13H2,1H3. The van der Waals surface area contributed by atoms with Crippen LogP contribution >= 0.6 is 0 Å². The molecule has 0 radical (unpaired) electrons. The van der Waals surface area contributed by atoms with Crippen molar-refractivity contribution in [2.45, 2.75) is 44.0 Å². The number of amides is 1. The van der Waals surface area contributed by atoms with Crippen LogP contribution in [0.15, 0.2) is 28.0 Å². The summed E-state index contributed by atoms with van der Waals surface area (Å²) in [4.78, 5) is 26.4. The molecule has 0 aliphatic carbocycles. The summed E-state index contributed by atoms with van der Waals surface area (Å²) in [7, 11) is -3.60. The van der Waals surface area contributed by atoms with Gasteiger partial charge in [-0.25, -0.2) is 8.42 Å². The molecule has 25 heavy (non-hydrogen) atoms. The third-order valence-electron chi connectivity index (χ3n) is 5.10. The highest BCUT2D eigenvalue weighted by Gasteiger charge is 2.28. The zero-order valence-electron chi connectivity index (χ0n) is 14.6. The second-order valence-corrected chi connectivity index (χ2v) is 8.94. The van der Waals surface area contributed by atoms with Gasteiger partial charge in [-0.15, -0.1) is 0 Å². The van der Waals surface area contributed by atoms with Gasteiger partial charge in [0.2, 0.25) is 15.9 Å². The minimum absolute atomic E-state index is 0.0778. The molecule has 1 amide bonds. The molecule has 0 bridgehead atoms. The highest BCUT2D eigenvalue weighted by Crippen LogP contribution is 2.20. The Morgan fingerprint density at radius 3 is 2.40 bits per heavy atom. The minimum atomic E-state index is -3.60. The lowest BCUT2D eigenvalue weighted by Gasteiger charge is -2.30. The molecule has 0 saturated carbocycles. The maximum atomic E-state index is 12.6. The number of carbonyl (C=O) groups excluding carboxylic acids is 1. The summed E-state index contributed by atoms with van der Waals surface area (Å²) >= 11 is 0. The average molecular weight is 367 g/mol. The van der Waals surface area contributed by atoms with E-state index in [9.17, 15) is 18.0 Å². The van der Waals surface area contributed by atoms with Crippen LogP contribution in [0.2, 0.25) is 0 Å². The molecule has 0 unspecified atom stereocenters. The molecule has 138 valence electrons. The largest absolute Gasteiger partial charge is 0.341 e. The molecule has 8 heteroatoms. The number of rotatable bonds is 4. The molecule has 3 rings (SSSR count). The zero-order valence-corrected chi connectivity index (χ0v) is 15.4. The first-order valence-corrected chi connectivity index (χ1v) is 10.3. The molecule has 7 nitrogen and oxygen atoms in total. The molecule has 2 aliphatic rings. The molecule has 0 aromatic carbocycles. The van der Waals surface area contributed by atoms with Crippen molar-refractivity contribution in [3.8, 4) is 0 Å². The number of piperidine rings is 1. The van der Waals surface area contributed by atoms with Crippen LogP contribution in [0, 0.1) is 5.92 Å². The lowest BCUT2D eigenvalue weighted by atomic mass is 9.99. The van der Waals surface area contributed by atoms with E-state index < -0.39 is 10.0 Å². The van der Waals surface area contributed by atoms with Crippen molar-refractivity contribution in [2.24, 2.45) is 5.92 Å². The topological polar surface area (TPSA) is 79.7 Å². The van der Waals surface area contributed by atoms with Crippen LogP contribution in [-0.2, 0) is 21.4 Å². The van der Waals surface area contributed by atoms with E-state index in [0.717, 1.165) is 25.7 Å². The predicted octanol–water partition coefficient (Wildman–Crippen LogP) is 0.891. The molecule has 1 aromatic rings. The molecule has 1 aromatic heterocycles. The maximum Gasteiger partial charge on any atom is 0.251 e. The fraction of sp³-hybridized carbons (Fsp3) is 0.647. The first-order chi connectivity index (χ1) is 11.9. The van der Waals surface area contributed by atoms with Gasteiger partial charge in [-0.05, 0) is 37.7 Å². The van der Waals surface area contributed by atoms with Gasteiger partial charge in [-0.1, -0.05) is 6.92 Å². The van der Waals surface area contributed by atoms with Gasteiger partial charge in [0.15, 0.2) is 0 Å². The molecule has 0 spiro atoms. The average Bonchev–Trinajstić information content (AvgIpc) is 3.12. The number of sulfonamides is 1. The van der Waals surface area contributed by atoms with Crippen molar-refractivity contribution < 1.29 is 13.2 Å². The number of hydrogen-bond acceptors (Lipinski definition) is 4. The smallest absolute Gasteiger partial charge is 0.251 e. The molecule has 2 saturated heterocycles. The predicted molar refractivity (Wildman–Crippen MR) is 93.7 cm³/mol. The van der Waals surface area contributed by atoms with E-state index in [1.807, 2.05) is 0 Å². The molecule has 2 aliphatic heterocycles. The lowest BCUT2D eigenvalue weighted by molar-refractivity contribution is -0.133. The lowest BCUT2D eigenvalue weighted by Crippen LogP contribution is -2.41. The first-order valence-electron chi connectivity index (χ1n) is 8.86. The highest BCUT2D eigenvalue weighted by molar-refractivity contribution is 7.89. The summed E-state index contributed by atoms with van der Waals surface area (Å²) < 4.78 is 27.9. The summed E-state index contributed by atoms with van der Waals surface area (Å²) in [5.74, 6) is 0.477. The van der Waals surface area contributed by atoms with Gasteiger partial charge in [-0.3, -0.25) is 9.59 Å². The van der Waals surface area contributed by atoms with Crippen LogP contribution < -0.4 is 5.56 Å². The van der Waals surface area contributed by atoms with Crippen molar-refractivity contribution >= 4 is 15.9 Å². The van der Waals surface area contributed by atoms with Crippen LogP contribution in [0.1, 0.15) is 32.6 Å². The number of carbonyl (C=O) groups is 1. The van der Waals surface area contributed by atoms with E-state index >= 15 is 0 Å². The summed E-state index contributed by atoms with van der Waals surface area (Å²) in [6.07, 6.45) is 4.93. The highest BCUT2D eigenvalue weighted by atomic mass is 32.2. The second kappa shape index (κ2) is 7.29. The quantitative estimate of drug-likeness (QED) is 0.792. The van der Waals surface area contributed by atoms with Gasteiger partial charge in [-0.2, -0.15) is 4.31 Å². The van der Waals surface area contributed by atoms with Gasteiger partial charge in [0.1, 0.15) is 6.54 Å². The molecule has 2 fully saturated rings. The van der Waals surface area contributed by atoms with Crippen LogP contribution in [0.25, 0.3) is 0 Å². The van der Waals surface area contributed by atoms with Gasteiger partial charge in [0, 0.05) is 38.4 Å². The normalized spacial score (nSPS) is 20.1. The van der Waals surface area contributed by atoms with E-state index in [0.29, 0.717) is 32.1 Å². The third kappa shape index (κ3) is 3.95. The van der Waals surface area contributed by atoms with E-state index in [-0.39, 0.29) is 22.9 Å². The van der Waals surface area contributed by atoms with Gasteiger partial charge in [0.25, 0.3) is 5.56 Å². The van der Waals surface area contributed by atoms with Crippen LogP contribution in [0.3, 0.4) is 0 Å². The van der Waals surface area contributed by atoms with E-state index in [1.165, 1.54) is 27.2 Å². The Morgan fingerprint density at radius 1 is 1.12 bits per heavy atom. The van der Waals surface area contributed by atoms with Gasteiger partial charge < -0.3 is 9.47 Å². The number of likely N-dealkylation sites (tertiary alicyclic amines) is 1. The summed E-state index contributed by atoms with van der Waals surface area (Å²) in [6, 6.07) is 2.56. The van der Waals surface area contributed by atoms with Crippen molar-refractivity contribution in [3.63, 3.8) is 0 Å². The molecule has 0 atom stereocenters. The first kappa shape index (κ1) is 18.1. The van der Waals surface area contributed by atoms with E-state index in [1.54, 1.807) is 4.90 Å². The SMILES string of the molecule is CC1CCN(C(=O)Cn2cc(S(=O)(=O)N3CCCC3)ccc2=O)CC1. The Bertz CT molecular complexity index is 788. The Kier molecular flexibility index (Phi) is 5.29. The van der Waals surface area contributed by atoms with Crippen LogP contribution in [0.5, 0.6) is 0 Å². The van der Waals surface area contributed by atoms with Crippen LogP contribution in [0.4, 0.5) is 0 Å². The van der Waals surface area contributed by atoms with Crippen molar-refractivity contribution in [3.05, 3.63) is 28.7 Å². The fourth-order valence-electron chi connectivity index (χ4n) is 3.37. The minimum Gasteiger partial charge on any atom is -0.341 e. The van der Waals surface area contributed by atoms with Crippen molar-refractivity contribution in [1.29, 1.82) is 0 Å². The number of hydrogen-bond donors (Lipinski definition) is 0. The summed E-state index contributed by atoms with van der Waals surface area (Å²) in [6.45, 7) is 4.45. The molecule has 3 heterocycles. The summed E-state index contributed by atoms with van der Waals surface area (Å²) in [5.41, 5.74) is -0.362. The second-order valence-electron chi connectivity index (χ2n) is 7.01. The zero-order chi connectivity index (χ0) is 18.0. The molecular weight excluding hydrogens is 342 g/mol. The number of aromatic nitrogens is 1. The number of pyridine rings is 1. The monoisotopic (exact) mass is 367 g/mol. The van der Waals surface area contributed by atoms with Gasteiger partial charge in [0.05, 0.1) is 4.90 Å².